The van der Waals surface area contributed by atoms with Crippen LogP contribution in [0.2, 0.25) is 5.15 Å². The van der Waals surface area contributed by atoms with E-state index in [1.807, 2.05) is 12.1 Å². The number of hydrogen-bond acceptors (Lipinski definition) is 2. The fourth-order valence-corrected chi connectivity index (χ4v) is 2.63. The first-order chi connectivity index (χ1) is 8.81. The van der Waals surface area contributed by atoms with Gasteiger partial charge in [-0.2, -0.15) is 0 Å². The lowest BCUT2D eigenvalue weighted by Crippen LogP contribution is -2.27. The largest absolute Gasteiger partial charge is 0.381 e. The minimum atomic E-state index is 0.489. The topological polar surface area (TPSA) is 24.9 Å². The Morgan fingerprint density at radius 1 is 1.11 bits per heavy atom. The quantitative estimate of drug-likeness (QED) is 0.831. The van der Waals surface area contributed by atoms with E-state index in [9.17, 15) is 0 Å². The van der Waals surface area contributed by atoms with Gasteiger partial charge in [0.25, 0.3) is 0 Å². The molecule has 1 N–H and O–H groups in total. The van der Waals surface area contributed by atoms with Crippen molar-refractivity contribution in [3.63, 3.8) is 0 Å². The van der Waals surface area contributed by atoms with Gasteiger partial charge in [0.2, 0.25) is 0 Å². The van der Waals surface area contributed by atoms with Gasteiger partial charge in [0, 0.05) is 6.04 Å². The molecule has 0 radical (unpaired) electrons. The minimum absolute atomic E-state index is 0.489. The van der Waals surface area contributed by atoms with E-state index < -0.39 is 0 Å². The number of nitrogens with zero attached hydrogens (tertiary/aromatic N) is 1. The number of aryl methyl sites for hydroxylation is 1. The summed E-state index contributed by atoms with van der Waals surface area (Å²) in [4.78, 5) is 4.09. The van der Waals surface area contributed by atoms with Crippen molar-refractivity contribution >= 4 is 17.3 Å². The maximum absolute atomic E-state index is 5.78. The van der Waals surface area contributed by atoms with Gasteiger partial charge in [-0.25, -0.2) is 4.98 Å². The Bertz CT molecular complexity index is 536. The Morgan fingerprint density at radius 2 is 1.94 bits per heavy atom. The lowest BCUT2D eigenvalue weighted by Gasteiger charge is -2.26. The molecule has 0 saturated carbocycles. The monoisotopic (exact) mass is 258 g/mol. The third kappa shape index (κ3) is 2.49. The Balaban J connectivity index is 1.71. The molecule has 0 saturated heterocycles. The molecule has 0 bridgehead atoms. The van der Waals surface area contributed by atoms with Crippen LogP contribution in [-0.2, 0) is 12.8 Å². The fraction of sp³-hybridized carbons (Fsp3) is 0.267. The van der Waals surface area contributed by atoms with Crippen molar-refractivity contribution in [2.24, 2.45) is 0 Å². The first-order valence-corrected chi connectivity index (χ1v) is 6.64. The zero-order chi connectivity index (χ0) is 12.4. The lowest BCUT2D eigenvalue weighted by molar-refractivity contribution is 0.610. The van der Waals surface area contributed by atoms with Crippen LogP contribution >= 0.6 is 11.6 Å². The van der Waals surface area contributed by atoms with Gasteiger partial charge in [-0.05, 0) is 42.5 Å². The van der Waals surface area contributed by atoms with E-state index in [1.165, 1.54) is 17.5 Å². The van der Waals surface area contributed by atoms with Crippen LogP contribution < -0.4 is 5.32 Å². The zero-order valence-corrected chi connectivity index (χ0v) is 10.8. The van der Waals surface area contributed by atoms with Crippen LogP contribution in [0.15, 0.2) is 42.6 Å². The van der Waals surface area contributed by atoms with Gasteiger partial charge in [-0.1, -0.05) is 35.9 Å². The number of fused-ring (bicyclic) bond motifs is 1. The summed E-state index contributed by atoms with van der Waals surface area (Å²) in [6.45, 7) is 0. The number of halogens is 1. The molecule has 1 unspecified atom stereocenters. The second-order valence-corrected chi connectivity index (χ2v) is 5.11. The summed E-state index contributed by atoms with van der Waals surface area (Å²) in [6.07, 6.45) is 5.19. The molecule has 3 rings (SSSR count). The van der Waals surface area contributed by atoms with Crippen molar-refractivity contribution in [1.29, 1.82) is 0 Å². The van der Waals surface area contributed by atoms with Crippen LogP contribution in [0.3, 0.4) is 0 Å². The number of aromatic nitrogens is 1. The van der Waals surface area contributed by atoms with E-state index >= 15 is 0 Å². The van der Waals surface area contributed by atoms with Gasteiger partial charge in [-0.15, -0.1) is 0 Å². The normalized spacial score (nSPS) is 18.2. The molecule has 1 aliphatic carbocycles. The van der Waals surface area contributed by atoms with Crippen LogP contribution in [0.5, 0.6) is 0 Å². The van der Waals surface area contributed by atoms with Crippen molar-refractivity contribution in [1.82, 2.24) is 4.98 Å². The second-order valence-electron chi connectivity index (χ2n) is 4.72. The van der Waals surface area contributed by atoms with Crippen molar-refractivity contribution in [2.75, 3.05) is 5.32 Å². The molecule has 1 aromatic carbocycles. The smallest absolute Gasteiger partial charge is 0.129 e. The molecule has 18 heavy (non-hydrogen) atoms. The molecular weight excluding hydrogens is 244 g/mol. The van der Waals surface area contributed by atoms with E-state index in [1.54, 1.807) is 6.20 Å². The Morgan fingerprint density at radius 3 is 2.72 bits per heavy atom. The highest BCUT2D eigenvalue weighted by atomic mass is 35.5. The summed E-state index contributed by atoms with van der Waals surface area (Å²) in [5.74, 6) is 0. The van der Waals surface area contributed by atoms with Crippen molar-refractivity contribution in [3.8, 4) is 0 Å². The maximum Gasteiger partial charge on any atom is 0.129 e. The number of anilines is 1. The molecule has 3 heteroatoms. The number of hydrogen-bond donors (Lipinski definition) is 1. The fourth-order valence-electron chi connectivity index (χ4n) is 2.52. The predicted octanol–water partition coefficient (Wildman–Crippen LogP) is 3.70. The summed E-state index contributed by atoms with van der Waals surface area (Å²) < 4.78 is 0. The summed E-state index contributed by atoms with van der Waals surface area (Å²) in [6, 6.07) is 13.0. The van der Waals surface area contributed by atoms with Gasteiger partial charge >= 0.3 is 0 Å². The Kier molecular flexibility index (Phi) is 3.20. The van der Waals surface area contributed by atoms with Gasteiger partial charge in [-0.3, -0.25) is 0 Å². The van der Waals surface area contributed by atoms with Gasteiger partial charge < -0.3 is 5.32 Å². The van der Waals surface area contributed by atoms with Crippen LogP contribution in [0.25, 0.3) is 0 Å². The number of nitrogens with one attached hydrogen (secondary N) is 1. The molecule has 2 aromatic rings. The number of pyridine rings is 1. The van der Waals surface area contributed by atoms with Crippen LogP contribution in [0.4, 0.5) is 5.69 Å². The van der Waals surface area contributed by atoms with E-state index in [-0.39, 0.29) is 0 Å². The maximum atomic E-state index is 5.78. The summed E-state index contributed by atoms with van der Waals surface area (Å²) in [5.41, 5.74) is 4.00. The first kappa shape index (κ1) is 11.5. The van der Waals surface area contributed by atoms with E-state index in [4.69, 9.17) is 11.6 Å². The third-order valence-electron chi connectivity index (χ3n) is 3.45. The van der Waals surface area contributed by atoms with Crippen LogP contribution in [0.1, 0.15) is 17.5 Å². The average molecular weight is 259 g/mol. The standard InChI is InChI=1S/C15H15ClN2/c16-15-8-7-14(10-17-15)18-13-6-5-11-3-1-2-4-12(11)9-13/h1-4,7-8,10,13,18H,5-6,9H2. The number of rotatable bonds is 2. The SMILES string of the molecule is Clc1ccc(NC2CCc3ccccc3C2)cn1. The highest BCUT2D eigenvalue weighted by Crippen LogP contribution is 2.23. The molecule has 1 aliphatic rings. The van der Waals surface area contributed by atoms with Gasteiger partial charge in [0.1, 0.15) is 5.15 Å². The van der Waals surface area contributed by atoms with Crippen LogP contribution in [0, 0.1) is 0 Å². The summed E-state index contributed by atoms with van der Waals surface area (Å²) in [5, 5.41) is 4.06. The molecule has 1 heterocycles. The second kappa shape index (κ2) is 4.99. The highest BCUT2D eigenvalue weighted by Gasteiger charge is 2.17. The van der Waals surface area contributed by atoms with Crippen LogP contribution in [-0.4, -0.2) is 11.0 Å². The van der Waals surface area contributed by atoms with Gasteiger partial charge in [0.15, 0.2) is 0 Å². The zero-order valence-electron chi connectivity index (χ0n) is 10.1. The first-order valence-electron chi connectivity index (χ1n) is 6.26. The van der Waals surface area contributed by atoms with Crippen molar-refractivity contribution in [2.45, 2.75) is 25.3 Å². The molecule has 0 aliphatic heterocycles. The molecule has 0 fully saturated rings. The molecule has 1 aromatic heterocycles. The Labute approximate surface area is 112 Å². The predicted molar refractivity (Wildman–Crippen MR) is 75.1 cm³/mol. The third-order valence-corrected chi connectivity index (χ3v) is 3.67. The summed E-state index contributed by atoms with van der Waals surface area (Å²) >= 11 is 5.78. The highest BCUT2D eigenvalue weighted by molar-refractivity contribution is 6.29. The molecule has 1 atom stereocenters. The lowest BCUT2D eigenvalue weighted by atomic mass is 9.88. The molecule has 0 amide bonds. The molecule has 92 valence electrons. The summed E-state index contributed by atoms with van der Waals surface area (Å²) in [7, 11) is 0. The minimum Gasteiger partial charge on any atom is -0.381 e. The molecule has 2 nitrogen and oxygen atoms in total. The van der Waals surface area contributed by atoms with E-state index in [0.29, 0.717) is 11.2 Å². The van der Waals surface area contributed by atoms with Gasteiger partial charge in [0.05, 0.1) is 11.9 Å². The van der Waals surface area contributed by atoms with E-state index in [2.05, 4.69) is 34.6 Å². The molecule has 0 spiro atoms. The average Bonchev–Trinajstić information content (AvgIpc) is 2.41. The number of benzene rings is 1. The molecular formula is C15H15ClN2. The Hall–Kier alpha value is -1.54. The van der Waals surface area contributed by atoms with Crippen molar-refractivity contribution in [3.05, 3.63) is 58.9 Å². The van der Waals surface area contributed by atoms with E-state index in [0.717, 1.165) is 18.5 Å². The van der Waals surface area contributed by atoms with Crippen molar-refractivity contribution < 1.29 is 0 Å².